The molecule has 6 nitrogen and oxygen atoms in total. The Bertz CT molecular complexity index is 703. The van der Waals surface area contributed by atoms with Crippen LogP contribution in [-0.2, 0) is 0 Å². The molecule has 2 aromatic heterocycles. The number of fused-ring (bicyclic) bond motifs is 1. The quantitative estimate of drug-likeness (QED) is 0.637. The van der Waals surface area contributed by atoms with E-state index in [0.717, 1.165) is 16.8 Å². The third kappa shape index (κ3) is 1.73. The molecule has 0 unspecified atom stereocenters. The van der Waals surface area contributed by atoms with Crippen molar-refractivity contribution in [3.63, 3.8) is 0 Å². The van der Waals surface area contributed by atoms with Gasteiger partial charge in [-0.15, -0.1) is 0 Å². The van der Waals surface area contributed by atoms with Crippen LogP contribution in [0.2, 0.25) is 0 Å². The number of nitrogens with one attached hydrogen (secondary N) is 2. The first kappa shape index (κ1) is 10.5. The van der Waals surface area contributed by atoms with E-state index in [9.17, 15) is 0 Å². The summed E-state index contributed by atoms with van der Waals surface area (Å²) in [4.78, 5) is 15.3. The highest BCUT2D eigenvalue weighted by Crippen LogP contribution is 2.23. The van der Waals surface area contributed by atoms with Crippen molar-refractivity contribution in [1.29, 1.82) is 0 Å². The number of nitrogen functional groups attached to an aromatic ring is 1. The molecule has 0 spiro atoms. The van der Waals surface area contributed by atoms with Crippen molar-refractivity contribution in [3.8, 4) is 0 Å². The molecule has 0 atom stereocenters. The summed E-state index contributed by atoms with van der Waals surface area (Å²) in [6.07, 6.45) is 1.57. The Morgan fingerprint density at radius 3 is 2.89 bits per heavy atom. The van der Waals surface area contributed by atoms with Crippen LogP contribution in [0.4, 0.5) is 17.5 Å². The summed E-state index contributed by atoms with van der Waals surface area (Å²) in [5.41, 5.74) is 9.06. The number of rotatable bonds is 2. The van der Waals surface area contributed by atoms with Gasteiger partial charge >= 0.3 is 0 Å². The van der Waals surface area contributed by atoms with Crippen LogP contribution in [0.1, 0.15) is 5.56 Å². The van der Waals surface area contributed by atoms with Crippen LogP contribution in [0.3, 0.4) is 0 Å². The average Bonchev–Trinajstić information content (AvgIpc) is 2.80. The van der Waals surface area contributed by atoms with Gasteiger partial charge in [0.1, 0.15) is 5.52 Å². The minimum Gasteiger partial charge on any atom is -0.368 e. The van der Waals surface area contributed by atoms with Gasteiger partial charge in [-0.05, 0) is 18.6 Å². The number of hydrogen-bond acceptors (Lipinski definition) is 5. The standard InChI is InChI=1S/C12H12N6/c1-7-4-2-3-5-8(7)16-11-9-10(15-6-14-9)17-12(13)18-11/h2-6H,1H3,(H4,13,14,15,16,17,18). The molecule has 1 aromatic carbocycles. The monoisotopic (exact) mass is 240 g/mol. The lowest BCUT2D eigenvalue weighted by molar-refractivity contribution is 1.21. The molecule has 0 aliphatic heterocycles. The second kappa shape index (κ2) is 3.99. The molecule has 0 aliphatic carbocycles. The number of hydrogen-bond donors (Lipinski definition) is 3. The molecule has 0 aliphatic rings. The average molecular weight is 240 g/mol. The van der Waals surface area contributed by atoms with Gasteiger partial charge in [0.15, 0.2) is 11.5 Å². The number of benzene rings is 1. The number of aromatic nitrogens is 4. The molecular weight excluding hydrogens is 228 g/mol. The maximum absolute atomic E-state index is 5.66. The van der Waals surface area contributed by atoms with Gasteiger partial charge in [0, 0.05) is 5.69 Å². The highest BCUT2D eigenvalue weighted by Gasteiger charge is 2.09. The third-order valence-corrected chi connectivity index (χ3v) is 2.70. The van der Waals surface area contributed by atoms with E-state index in [-0.39, 0.29) is 5.95 Å². The van der Waals surface area contributed by atoms with Gasteiger partial charge in [0.05, 0.1) is 6.33 Å². The second-order valence-corrected chi connectivity index (χ2v) is 3.97. The van der Waals surface area contributed by atoms with Gasteiger partial charge in [-0.1, -0.05) is 18.2 Å². The number of aromatic amines is 1. The molecule has 0 saturated carbocycles. The molecule has 0 amide bonds. The van der Waals surface area contributed by atoms with E-state index < -0.39 is 0 Å². The normalized spacial score (nSPS) is 10.7. The Kier molecular flexibility index (Phi) is 2.33. The molecule has 0 saturated heterocycles. The van der Waals surface area contributed by atoms with E-state index in [1.165, 1.54) is 0 Å². The molecule has 0 radical (unpaired) electrons. The summed E-state index contributed by atoms with van der Waals surface area (Å²) >= 11 is 0. The van der Waals surface area contributed by atoms with Gasteiger partial charge < -0.3 is 16.0 Å². The van der Waals surface area contributed by atoms with Crippen LogP contribution in [0.25, 0.3) is 11.2 Å². The Morgan fingerprint density at radius 2 is 2.06 bits per heavy atom. The van der Waals surface area contributed by atoms with Crippen molar-refractivity contribution in [2.75, 3.05) is 11.1 Å². The summed E-state index contributed by atoms with van der Waals surface area (Å²) in [5.74, 6) is 0.829. The summed E-state index contributed by atoms with van der Waals surface area (Å²) in [7, 11) is 0. The number of anilines is 3. The largest absolute Gasteiger partial charge is 0.368 e. The van der Waals surface area contributed by atoms with Crippen molar-refractivity contribution < 1.29 is 0 Å². The predicted octanol–water partition coefficient (Wildman–Crippen LogP) is 1.99. The van der Waals surface area contributed by atoms with Crippen LogP contribution in [0.5, 0.6) is 0 Å². The lowest BCUT2D eigenvalue weighted by Crippen LogP contribution is -2.02. The summed E-state index contributed by atoms with van der Waals surface area (Å²) in [5, 5.41) is 3.24. The number of aryl methyl sites for hydroxylation is 1. The zero-order chi connectivity index (χ0) is 12.5. The van der Waals surface area contributed by atoms with Gasteiger partial charge in [-0.3, -0.25) is 0 Å². The Hall–Kier alpha value is -2.63. The topological polar surface area (TPSA) is 92.5 Å². The smallest absolute Gasteiger partial charge is 0.224 e. The fourth-order valence-electron chi connectivity index (χ4n) is 1.78. The number of imidazole rings is 1. The minimum atomic E-state index is 0.200. The van der Waals surface area contributed by atoms with Crippen LogP contribution < -0.4 is 11.1 Å². The molecule has 3 rings (SSSR count). The fourth-order valence-corrected chi connectivity index (χ4v) is 1.78. The van der Waals surface area contributed by atoms with E-state index in [4.69, 9.17) is 5.73 Å². The fraction of sp³-hybridized carbons (Fsp3) is 0.0833. The van der Waals surface area contributed by atoms with Crippen molar-refractivity contribution in [1.82, 2.24) is 19.9 Å². The van der Waals surface area contributed by atoms with Crippen molar-refractivity contribution in [2.45, 2.75) is 6.92 Å². The van der Waals surface area contributed by atoms with Gasteiger partial charge in [-0.2, -0.15) is 9.97 Å². The predicted molar refractivity (Wildman–Crippen MR) is 70.6 cm³/mol. The van der Waals surface area contributed by atoms with Crippen molar-refractivity contribution in [2.24, 2.45) is 0 Å². The van der Waals surface area contributed by atoms with E-state index in [1.807, 2.05) is 31.2 Å². The molecular formula is C12H12N6. The molecule has 2 heterocycles. The number of H-pyrrole nitrogens is 1. The van der Waals surface area contributed by atoms with Crippen LogP contribution in [0.15, 0.2) is 30.6 Å². The minimum absolute atomic E-state index is 0.200. The highest BCUT2D eigenvalue weighted by molar-refractivity contribution is 5.86. The molecule has 3 aromatic rings. The van der Waals surface area contributed by atoms with Gasteiger partial charge in [-0.25, -0.2) is 4.98 Å². The zero-order valence-electron chi connectivity index (χ0n) is 9.81. The van der Waals surface area contributed by atoms with E-state index >= 15 is 0 Å². The SMILES string of the molecule is Cc1ccccc1Nc1nc(N)nc2nc[nH]c12. The maximum Gasteiger partial charge on any atom is 0.224 e. The van der Waals surface area contributed by atoms with Crippen LogP contribution >= 0.6 is 0 Å². The molecule has 6 heteroatoms. The zero-order valence-corrected chi connectivity index (χ0v) is 9.81. The molecule has 90 valence electrons. The molecule has 0 bridgehead atoms. The summed E-state index contributed by atoms with van der Waals surface area (Å²) in [6, 6.07) is 7.96. The third-order valence-electron chi connectivity index (χ3n) is 2.70. The lowest BCUT2D eigenvalue weighted by Gasteiger charge is -2.09. The second-order valence-electron chi connectivity index (χ2n) is 3.97. The van der Waals surface area contributed by atoms with Crippen molar-refractivity contribution in [3.05, 3.63) is 36.2 Å². The van der Waals surface area contributed by atoms with E-state index in [2.05, 4.69) is 25.3 Å². The molecule has 18 heavy (non-hydrogen) atoms. The summed E-state index contributed by atoms with van der Waals surface area (Å²) < 4.78 is 0. The molecule has 4 N–H and O–H groups in total. The van der Waals surface area contributed by atoms with Gasteiger partial charge in [0.25, 0.3) is 0 Å². The first-order valence-electron chi connectivity index (χ1n) is 5.53. The van der Waals surface area contributed by atoms with E-state index in [1.54, 1.807) is 6.33 Å². The maximum atomic E-state index is 5.66. The van der Waals surface area contributed by atoms with Crippen molar-refractivity contribution >= 4 is 28.6 Å². The first-order valence-corrected chi connectivity index (χ1v) is 5.53. The lowest BCUT2D eigenvalue weighted by atomic mass is 10.2. The highest BCUT2D eigenvalue weighted by atomic mass is 15.1. The Morgan fingerprint density at radius 1 is 1.22 bits per heavy atom. The Labute approximate surface area is 103 Å². The van der Waals surface area contributed by atoms with Crippen LogP contribution in [-0.4, -0.2) is 19.9 Å². The summed E-state index contributed by atoms with van der Waals surface area (Å²) in [6.45, 7) is 2.02. The number of nitrogens with zero attached hydrogens (tertiary/aromatic N) is 3. The Balaban J connectivity index is 2.10. The van der Waals surface area contributed by atoms with Gasteiger partial charge in [0.2, 0.25) is 5.95 Å². The van der Waals surface area contributed by atoms with E-state index in [0.29, 0.717) is 11.5 Å². The van der Waals surface area contributed by atoms with Crippen LogP contribution in [0, 0.1) is 6.92 Å². The molecule has 0 fully saturated rings. The number of nitrogens with two attached hydrogens (primary N) is 1. The first-order chi connectivity index (χ1) is 8.74. The number of para-hydroxylation sites is 1.